The van der Waals surface area contributed by atoms with Crippen molar-refractivity contribution < 1.29 is 23.5 Å². The summed E-state index contributed by atoms with van der Waals surface area (Å²) < 4.78 is 23.0. The van der Waals surface area contributed by atoms with Gasteiger partial charge in [-0.15, -0.1) is 0 Å². The summed E-state index contributed by atoms with van der Waals surface area (Å²) in [6.45, 7) is 3.41. The third kappa shape index (κ3) is 3.44. The van der Waals surface area contributed by atoms with Gasteiger partial charge in [0.2, 0.25) is 5.91 Å². The Hall–Kier alpha value is -2.15. The van der Waals surface area contributed by atoms with Gasteiger partial charge in [0.05, 0.1) is 6.04 Å². The largest absolute Gasteiger partial charge is 0.509 e. The molecule has 6 nitrogen and oxygen atoms in total. The van der Waals surface area contributed by atoms with Gasteiger partial charge in [-0.05, 0) is 31.2 Å². The molecule has 2 heterocycles. The van der Waals surface area contributed by atoms with Crippen LogP contribution in [0.25, 0.3) is 0 Å². The Balaban J connectivity index is 1.54. The number of amides is 1. The molecule has 1 aromatic carbocycles. The molecular formula is C16H19FN2O4. The van der Waals surface area contributed by atoms with E-state index in [9.17, 15) is 14.0 Å². The van der Waals surface area contributed by atoms with Crippen molar-refractivity contribution in [1.29, 1.82) is 0 Å². The smallest absolute Gasteiger partial charge is 0.430 e. The van der Waals surface area contributed by atoms with Crippen molar-refractivity contribution in [3.63, 3.8) is 0 Å². The third-order valence-electron chi connectivity index (χ3n) is 4.50. The molecule has 1 atom stereocenters. The first-order chi connectivity index (χ1) is 11.0. The number of hydrogen-bond acceptors (Lipinski definition) is 5. The van der Waals surface area contributed by atoms with Gasteiger partial charge in [0.1, 0.15) is 12.4 Å². The molecule has 0 unspecified atom stereocenters. The molecule has 0 saturated carbocycles. The van der Waals surface area contributed by atoms with E-state index < -0.39 is 11.8 Å². The van der Waals surface area contributed by atoms with Gasteiger partial charge in [0, 0.05) is 31.6 Å². The maximum Gasteiger partial charge on any atom is 0.509 e. The maximum absolute atomic E-state index is 12.9. The quantitative estimate of drug-likeness (QED) is 0.864. The number of benzene rings is 1. The highest BCUT2D eigenvalue weighted by Gasteiger charge is 2.45. The first kappa shape index (κ1) is 15.7. The number of ether oxygens (including phenoxy) is 2. The lowest BCUT2D eigenvalue weighted by atomic mass is 9.91. The first-order valence-electron chi connectivity index (χ1n) is 7.64. The van der Waals surface area contributed by atoms with E-state index in [-0.39, 0.29) is 24.4 Å². The molecule has 1 aromatic rings. The highest BCUT2D eigenvalue weighted by atomic mass is 19.1. The Morgan fingerprint density at radius 1 is 1.30 bits per heavy atom. The fraction of sp³-hybridized carbons (Fsp3) is 0.500. The molecule has 1 N–H and O–H groups in total. The monoisotopic (exact) mass is 322 g/mol. The highest BCUT2D eigenvalue weighted by molar-refractivity contribution is 5.94. The van der Waals surface area contributed by atoms with Crippen molar-refractivity contribution in [2.24, 2.45) is 0 Å². The Morgan fingerprint density at radius 2 is 1.96 bits per heavy atom. The number of piperidine rings is 1. The zero-order valence-electron chi connectivity index (χ0n) is 12.9. The van der Waals surface area contributed by atoms with E-state index in [0.717, 1.165) is 0 Å². The Kier molecular flexibility index (Phi) is 4.21. The van der Waals surface area contributed by atoms with Gasteiger partial charge in [-0.25, -0.2) is 9.18 Å². The summed E-state index contributed by atoms with van der Waals surface area (Å²) in [6.07, 6.45) is 0.681. The van der Waals surface area contributed by atoms with E-state index in [0.29, 0.717) is 31.6 Å². The van der Waals surface area contributed by atoms with Gasteiger partial charge in [0.25, 0.3) is 0 Å². The van der Waals surface area contributed by atoms with Gasteiger partial charge >= 0.3 is 6.16 Å². The van der Waals surface area contributed by atoms with Crippen LogP contribution in [0.4, 0.5) is 14.9 Å². The van der Waals surface area contributed by atoms with E-state index in [1.807, 2.05) is 11.8 Å². The standard InChI is InChI=1S/C16H19FN2O4/c1-11(14(20)18-13-4-2-12(17)3-5-13)19-8-6-16(7-9-19)10-22-15(21)23-16/h2-5,11H,6-10H2,1H3,(H,18,20)/t11-/m0/s1. The molecule has 0 aromatic heterocycles. The number of likely N-dealkylation sites (tertiary alicyclic amines) is 1. The zero-order chi connectivity index (χ0) is 16.4. The minimum Gasteiger partial charge on any atom is -0.430 e. The Bertz CT molecular complexity index is 597. The average molecular weight is 322 g/mol. The second-order valence-corrected chi connectivity index (χ2v) is 6.03. The molecule has 0 radical (unpaired) electrons. The molecule has 3 rings (SSSR count). The Labute approximate surface area is 133 Å². The van der Waals surface area contributed by atoms with Crippen molar-refractivity contribution in [3.05, 3.63) is 30.1 Å². The number of nitrogens with zero attached hydrogens (tertiary/aromatic N) is 1. The summed E-state index contributed by atoms with van der Waals surface area (Å²) in [5.74, 6) is -0.488. The third-order valence-corrected chi connectivity index (χ3v) is 4.50. The summed E-state index contributed by atoms with van der Waals surface area (Å²) in [7, 11) is 0. The predicted octanol–water partition coefficient (Wildman–Crippen LogP) is 2.15. The molecule has 0 bridgehead atoms. The molecule has 2 saturated heterocycles. The number of cyclic esters (lactones) is 1. The van der Waals surface area contributed by atoms with Gasteiger partial charge < -0.3 is 14.8 Å². The molecule has 7 heteroatoms. The van der Waals surface area contributed by atoms with Crippen LogP contribution in [-0.4, -0.2) is 48.3 Å². The Morgan fingerprint density at radius 3 is 2.52 bits per heavy atom. The topological polar surface area (TPSA) is 67.9 Å². The lowest BCUT2D eigenvalue weighted by Crippen LogP contribution is -2.51. The minimum atomic E-state index is -0.611. The fourth-order valence-corrected chi connectivity index (χ4v) is 2.94. The van der Waals surface area contributed by atoms with E-state index in [4.69, 9.17) is 9.47 Å². The van der Waals surface area contributed by atoms with E-state index in [1.165, 1.54) is 24.3 Å². The highest BCUT2D eigenvalue weighted by Crippen LogP contribution is 2.32. The summed E-state index contributed by atoms with van der Waals surface area (Å²) in [4.78, 5) is 25.5. The van der Waals surface area contributed by atoms with Crippen LogP contribution in [-0.2, 0) is 14.3 Å². The van der Waals surface area contributed by atoms with Gasteiger partial charge in [-0.2, -0.15) is 0 Å². The number of rotatable bonds is 3. The summed E-state index contributed by atoms with van der Waals surface area (Å²) in [5, 5.41) is 2.78. The number of nitrogens with one attached hydrogen (secondary N) is 1. The number of halogens is 1. The molecule has 23 heavy (non-hydrogen) atoms. The van der Waals surface area contributed by atoms with E-state index in [2.05, 4.69) is 5.32 Å². The normalized spacial score (nSPS) is 21.6. The SMILES string of the molecule is C[C@@H](C(=O)Nc1ccc(F)cc1)N1CCC2(CC1)COC(=O)O2. The zero-order valence-corrected chi connectivity index (χ0v) is 12.9. The average Bonchev–Trinajstić information content (AvgIpc) is 2.90. The number of carbonyl (C=O) groups excluding carboxylic acids is 2. The second kappa shape index (κ2) is 6.16. The number of hydrogen-bond donors (Lipinski definition) is 1. The summed E-state index contributed by atoms with van der Waals surface area (Å²) in [6, 6.07) is 5.34. The van der Waals surface area contributed by atoms with Crippen molar-refractivity contribution in [2.45, 2.75) is 31.4 Å². The van der Waals surface area contributed by atoms with Crippen LogP contribution in [0.3, 0.4) is 0 Å². The summed E-state index contributed by atoms with van der Waals surface area (Å²) >= 11 is 0. The molecule has 1 amide bonds. The van der Waals surface area contributed by atoms with Crippen LogP contribution in [0.2, 0.25) is 0 Å². The molecule has 2 aliphatic heterocycles. The minimum absolute atomic E-state index is 0.146. The van der Waals surface area contributed by atoms with Crippen LogP contribution in [0.15, 0.2) is 24.3 Å². The molecule has 124 valence electrons. The van der Waals surface area contributed by atoms with Crippen molar-refractivity contribution in [3.8, 4) is 0 Å². The van der Waals surface area contributed by atoms with Crippen LogP contribution in [0, 0.1) is 5.82 Å². The molecule has 2 aliphatic rings. The van der Waals surface area contributed by atoms with Crippen molar-refractivity contribution in [1.82, 2.24) is 4.90 Å². The van der Waals surface area contributed by atoms with Crippen molar-refractivity contribution in [2.75, 3.05) is 25.0 Å². The van der Waals surface area contributed by atoms with E-state index in [1.54, 1.807) is 0 Å². The van der Waals surface area contributed by atoms with Crippen LogP contribution in [0.5, 0.6) is 0 Å². The van der Waals surface area contributed by atoms with Crippen molar-refractivity contribution >= 4 is 17.7 Å². The molecule has 0 aliphatic carbocycles. The van der Waals surface area contributed by atoms with Crippen LogP contribution < -0.4 is 5.32 Å². The number of carbonyl (C=O) groups is 2. The molecule has 2 fully saturated rings. The summed E-state index contributed by atoms with van der Waals surface area (Å²) in [5.41, 5.74) is 0.0376. The van der Waals surface area contributed by atoms with Gasteiger partial charge in [0.15, 0.2) is 5.60 Å². The lowest BCUT2D eigenvalue weighted by Gasteiger charge is -2.38. The lowest BCUT2D eigenvalue weighted by molar-refractivity contribution is -0.122. The predicted molar refractivity (Wildman–Crippen MR) is 80.5 cm³/mol. The molecular weight excluding hydrogens is 303 g/mol. The van der Waals surface area contributed by atoms with Gasteiger partial charge in [-0.3, -0.25) is 9.69 Å². The van der Waals surface area contributed by atoms with Gasteiger partial charge in [-0.1, -0.05) is 0 Å². The maximum atomic E-state index is 12.9. The van der Waals surface area contributed by atoms with Crippen LogP contribution >= 0.6 is 0 Å². The molecule has 1 spiro atoms. The number of anilines is 1. The van der Waals surface area contributed by atoms with Crippen LogP contribution in [0.1, 0.15) is 19.8 Å². The second-order valence-electron chi connectivity index (χ2n) is 6.03. The van der Waals surface area contributed by atoms with E-state index >= 15 is 0 Å². The first-order valence-corrected chi connectivity index (χ1v) is 7.64. The fourth-order valence-electron chi connectivity index (χ4n) is 2.94.